The van der Waals surface area contributed by atoms with Crippen LogP contribution in [0.25, 0.3) is 10.6 Å². The highest BCUT2D eigenvalue weighted by Crippen LogP contribution is 2.35. The lowest BCUT2D eigenvalue weighted by Crippen LogP contribution is -2.03. The second-order valence-corrected chi connectivity index (χ2v) is 8.68. The summed E-state index contributed by atoms with van der Waals surface area (Å²) in [5.74, 6) is -0.213. The van der Waals surface area contributed by atoms with E-state index in [1.54, 1.807) is 11.8 Å². The number of benzene rings is 2. The minimum Gasteiger partial charge on any atom is -0.481 e. The van der Waals surface area contributed by atoms with E-state index in [1.165, 1.54) is 23.5 Å². The van der Waals surface area contributed by atoms with E-state index in [-0.39, 0.29) is 6.42 Å². The number of thiazole rings is 1. The molecule has 0 fully saturated rings. The Bertz CT molecular complexity index is 1030. The summed E-state index contributed by atoms with van der Waals surface area (Å²) in [6, 6.07) is 10.8. The lowest BCUT2D eigenvalue weighted by Gasteiger charge is -2.07. The predicted molar refractivity (Wildman–Crippen MR) is 109 cm³/mol. The van der Waals surface area contributed by atoms with Gasteiger partial charge in [-0.15, -0.1) is 23.1 Å². The van der Waals surface area contributed by atoms with Crippen LogP contribution in [0.15, 0.2) is 47.4 Å². The van der Waals surface area contributed by atoms with Gasteiger partial charge in [0, 0.05) is 21.1 Å². The van der Waals surface area contributed by atoms with Crippen LogP contribution in [-0.4, -0.2) is 16.1 Å². The van der Waals surface area contributed by atoms with Crippen molar-refractivity contribution in [2.24, 2.45) is 0 Å². The maximum Gasteiger partial charge on any atom is 0.416 e. The van der Waals surface area contributed by atoms with Crippen LogP contribution in [0.4, 0.5) is 13.2 Å². The van der Waals surface area contributed by atoms with Gasteiger partial charge in [0.15, 0.2) is 0 Å². The van der Waals surface area contributed by atoms with Gasteiger partial charge >= 0.3 is 12.1 Å². The van der Waals surface area contributed by atoms with Crippen LogP contribution >= 0.6 is 23.1 Å². The van der Waals surface area contributed by atoms with E-state index in [9.17, 15) is 18.0 Å². The lowest BCUT2D eigenvalue weighted by atomic mass is 10.1. The largest absolute Gasteiger partial charge is 0.481 e. The fourth-order valence-electron chi connectivity index (χ4n) is 2.73. The van der Waals surface area contributed by atoms with Crippen molar-refractivity contribution < 1.29 is 23.1 Å². The Morgan fingerprint density at radius 2 is 1.83 bits per heavy atom. The van der Waals surface area contributed by atoms with Gasteiger partial charge < -0.3 is 5.11 Å². The molecule has 0 aliphatic rings. The topological polar surface area (TPSA) is 50.2 Å². The second-order valence-electron chi connectivity index (χ2n) is 6.55. The molecule has 0 aliphatic heterocycles. The van der Waals surface area contributed by atoms with Crippen LogP contribution in [-0.2, 0) is 23.1 Å². The van der Waals surface area contributed by atoms with E-state index >= 15 is 0 Å². The summed E-state index contributed by atoms with van der Waals surface area (Å²) >= 11 is 3.04. The molecule has 0 spiro atoms. The van der Waals surface area contributed by atoms with Gasteiger partial charge in [-0.3, -0.25) is 4.79 Å². The maximum atomic E-state index is 12.7. The average Bonchev–Trinajstić information content (AvgIpc) is 3.02. The van der Waals surface area contributed by atoms with E-state index < -0.39 is 17.7 Å². The molecule has 3 rings (SSSR count). The van der Waals surface area contributed by atoms with Gasteiger partial charge in [-0.2, -0.15) is 13.2 Å². The Balaban J connectivity index is 1.74. The number of hydrogen-bond donors (Lipinski definition) is 1. The number of thioether (sulfide) groups is 1. The number of aryl methyl sites for hydroxylation is 2. The molecule has 1 aromatic heterocycles. The summed E-state index contributed by atoms with van der Waals surface area (Å²) in [5.41, 5.74) is 2.54. The number of nitrogens with zero attached hydrogens (tertiary/aromatic N) is 1. The first-order valence-electron chi connectivity index (χ1n) is 8.71. The number of aromatic nitrogens is 1. The fraction of sp³-hybridized carbons (Fsp3) is 0.238. The van der Waals surface area contributed by atoms with Crippen LogP contribution in [0.5, 0.6) is 0 Å². The standard InChI is InChI=1S/C21H18F3NO2S2/c1-12-3-8-17(9-15(12)10-19(26)27)28-11-18-13(2)25-20(29-18)14-4-6-16(7-5-14)21(22,23)24/h3-9H,10-11H2,1-2H3,(H,26,27). The number of aliphatic carboxylic acids is 1. The highest BCUT2D eigenvalue weighted by molar-refractivity contribution is 7.98. The first-order chi connectivity index (χ1) is 13.6. The minimum atomic E-state index is -4.35. The normalized spacial score (nSPS) is 11.6. The minimum absolute atomic E-state index is 0.0160. The molecular formula is C21H18F3NO2S2. The SMILES string of the molecule is Cc1ccc(SCc2sc(-c3ccc(C(F)(F)F)cc3)nc2C)cc1CC(=O)O. The first-order valence-corrected chi connectivity index (χ1v) is 10.5. The van der Waals surface area contributed by atoms with Gasteiger partial charge in [0.05, 0.1) is 17.7 Å². The van der Waals surface area contributed by atoms with E-state index in [0.717, 1.165) is 38.7 Å². The monoisotopic (exact) mass is 437 g/mol. The highest BCUT2D eigenvalue weighted by atomic mass is 32.2. The lowest BCUT2D eigenvalue weighted by molar-refractivity contribution is -0.138. The summed E-state index contributed by atoms with van der Waals surface area (Å²) in [7, 11) is 0. The van der Waals surface area contributed by atoms with Crippen LogP contribution < -0.4 is 0 Å². The van der Waals surface area contributed by atoms with Gasteiger partial charge in [0.1, 0.15) is 5.01 Å². The molecule has 8 heteroatoms. The van der Waals surface area contributed by atoms with Crippen LogP contribution in [0, 0.1) is 13.8 Å². The average molecular weight is 438 g/mol. The number of rotatable bonds is 6. The van der Waals surface area contributed by atoms with E-state index in [2.05, 4.69) is 4.98 Å². The number of halogens is 3. The molecule has 0 radical (unpaired) electrons. The number of carboxylic acid groups (broad SMARTS) is 1. The molecule has 0 atom stereocenters. The van der Waals surface area contributed by atoms with Crippen molar-refractivity contribution in [1.82, 2.24) is 4.98 Å². The molecule has 0 bridgehead atoms. The Morgan fingerprint density at radius 1 is 1.14 bits per heavy atom. The molecule has 0 saturated carbocycles. The molecule has 0 saturated heterocycles. The van der Waals surface area contributed by atoms with Gasteiger partial charge in [0.25, 0.3) is 0 Å². The number of alkyl halides is 3. The van der Waals surface area contributed by atoms with E-state index in [1.807, 2.05) is 32.0 Å². The zero-order valence-corrected chi connectivity index (χ0v) is 17.3. The highest BCUT2D eigenvalue weighted by Gasteiger charge is 2.30. The first kappa shape index (κ1) is 21.4. The van der Waals surface area contributed by atoms with Crippen molar-refractivity contribution in [2.45, 2.75) is 37.1 Å². The molecule has 1 heterocycles. The molecule has 0 unspecified atom stereocenters. The van der Waals surface area contributed by atoms with Crippen molar-refractivity contribution in [3.63, 3.8) is 0 Å². The third kappa shape index (κ3) is 5.39. The Kier molecular flexibility index (Phi) is 6.33. The molecule has 0 aliphatic carbocycles. The predicted octanol–water partition coefficient (Wildman–Crippen LogP) is 6.37. The van der Waals surface area contributed by atoms with Crippen molar-refractivity contribution in [3.8, 4) is 10.6 Å². The summed E-state index contributed by atoms with van der Waals surface area (Å²) in [4.78, 5) is 17.5. The molecule has 29 heavy (non-hydrogen) atoms. The number of carboxylic acids is 1. The van der Waals surface area contributed by atoms with Crippen molar-refractivity contribution in [1.29, 1.82) is 0 Å². The van der Waals surface area contributed by atoms with Gasteiger partial charge in [-0.1, -0.05) is 18.2 Å². The third-order valence-electron chi connectivity index (χ3n) is 4.38. The smallest absolute Gasteiger partial charge is 0.416 e. The number of hydrogen-bond acceptors (Lipinski definition) is 4. The van der Waals surface area contributed by atoms with Gasteiger partial charge in [-0.05, 0) is 49.2 Å². The third-order valence-corrected chi connectivity index (χ3v) is 6.79. The molecule has 3 nitrogen and oxygen atoms in total. The Morgan fingerprint density at radius 3 is 2.45 bits per heavy atom. The quantitative estimate of drug-likeness (QED) is 0.456. The van der Waals surface area contributed by atoms with Crippen molar-refractivity contribution >= 4 is 29.1 Å². The molecular weight excluding hydrogens is 419 g/mol. The molecule has 152 valence electrons. The summed E-state index contributed by atoms with van der Waals surface area (Å²) in [5, 5.41) is 9.71. The zero-order chi connectivity index (χ0) is 21.2. The molecule has 1 N–H and O–H groups in total. The van der Waals surface area contributed by atoms with Crippen molar-refractivity contribution in [2.75, 3.05) is 0 Å². The van der Waals surface area contributed by atoms with Crippen LogP contribution in [0.1, 0.15) is 27.3 Å². The van der Waals surface area contributed by atoms with Crippen LogP contribution in [0.3, 0.4) is 0 Å². The fourth-order valence-corrected chi connectivity index (χ4v) is 4.90. The van der Waals surface area contributed by atoms with Crippen molar-refractivity contribution in [3.05, 3.63) is 69.7 Å². The molecule has 3 aromatic rings. The molecule has 0 amide bonds. The van der Waals surface area contributed by atoms with Crippen LogP contribution in [0.2, 0.25) is 0 Å². The Hall–Kier alpha value is -2.32. The summed E-state index contributed by atoms with van der Waals surface area (Å²) in [6.07, 6.45) is -4.37. The van der Waals surface area contributed by atoms with E-state index in [4.69, 9.17) is 5.11 Å². The maximum absolute atomic E-state index is 12.7. The van der Waals surface area contributed by atoms with Gasteiger partial charge in [-0.25, -0.2) is 4.98 Å². The molecule has 2 aromatic carbocycles. The summed E-state index contributed by atoms with van der Waals surface area (Å²) in [6.45, 7) is 3.77. The number of carbonyl (C=O) groups is 1. The Labute approximate surface area is 174 Å². The van der Waals surface area contributed by atoms with E-state index in [0.29, 0.717) is 16.3 Å². The van der Waals surface area contributed by atoms with Gasteiger partial charge in [0.2, 0.25) is 0 Å². The second kappa shape index (κ2) is 8.59. The summed E-state index contributed by atoms with van der Waals surface area (Å²) < 4.78 is 38.2. The zero-order valence-electron chi connectivity index (χ0n) is 15.7.